The summed E-state index contributed by atoms with van der Waals surface area (Å²) in [5.74, 6) is 1.11. The summed E-state index contributed by atoms with van der Waals surface area (Å²) in [7, 11) is -4.18. The van der Waals surface area contributed by atoms with Crippen LogP contribution in [0.1, 0.15) is 24.0 Å². The van der Waals surface area contributed by atoms with Crippen molar-refractivity contribution >= 4 is 10.1 Å². The van der Waals surface area contributed by atoms with E-state index >= 15 is 0 Å². The van der Waals surface area contributed by atoms with Crippen LogP contribution in [-0.4, -0.2) is 44.6 Å². The van der Waals surface area contributed by atoms with Crippen LogP contribution in [0.4, 0.5) is 0 Å². The molecule has 0 saturated carbocycles. The molecule has 7 heteroatoms. The van der Waals surface area contributed by atoms with Crippen LogP contribution in [0, 0.1) is 13.8 Å². The number of ether oxygens (including phenoxy) is 3. The standard InChI is InChI=1S/C21H28O6S/c1-17-5-9-19(10-6-17)26-15-21(25-13-3-4-14-28(22,23)24)16-27-20-11-7-18(2)8-12-20/h5-12,21H,3-4,13-16H2,1-2H3,(H,22,23,24)/p-1. The lowest BCUT2D eigenvalue weighted by atomic mass is 10.2. The van der Waals surface area contributed by atoms with Crippen molar-refractivity contribution in [1.82, 2.24) is 0 Å². The molecule has 154 valence electrons. The molecule has 0 radical (unpaired) electrons. The maximum atomic E-state index is 10.7. The van der Waals surface area contributed by atoms with Gasteiger partial charge in [0.1, 0.15) is 30.8 Å². The van der Waals surface area contributed by atoms with E-state index in [1.54, 1.807) is 0 Å². The second kappa shape index (κ2) is 11.0. The molecule has 0 heterocycles. The summed E-state index contributed by atoms with van der Waals surface area (Å²) in [6.45, 7) is 4.94. The number of rotatable bonds is 12. The van der Waals surface area contributed by atoms with E-state index in [1.807, 2.05) is 62.4 Å². The molecule has 0 atom stereocenters. The van der Waals surface area contributed by atoms with E-state index in [0.29, 0.717) is 26.2 Å². The Bertz CT molecular complexity index is 750. The van der Waals surface area contributed by atoms with E-state index in [2.05, 4.69) is 0 Å². The summed E-state index contributed by atoms with van der Waals surface area (Å²) in [6.07, 6.45) is 0.426. The van der Waals surface area contributed by atoms with Gasteiger partial charge < -0.3 is 18.8 Å². The summed E-state index contributed by atoms with van der Waals surface area (Å²) >= 11 is 0. The lowest BCUT2D eigenvalue weighted by Crippen LogP contribution is -2.29. The zero-order valence-corrected chi connectivity index (χ0v) is 17.1. The Morgan fingerprint density at radius 1 is 0.821 bits per heavy atom. The first-order valence-electron chi connectivity index (χ1n) is 9.26. The largest absolute Gasteiger partial charge is 0.748 e. The van der Waals surface area contributed by atoms with Gasteiger partial charge in [0.05, 0.1) is 10.1 Å². The fourth-order valence-electron chi connectivity index (χ4n) is 2.42. The Morgan fingerprint density at radius 3 is 1.71 bits per heavy atom. The number of unbranched alkanes of at least 4 members (excludes halogenated alkanes) is 1. The van der Waals surface area contributed by atoms with Gasteiger partial charge in [-0.3, -0.25) is 0 Å². The maximum absolute atomic E-state index is 10.7. The average molecular weight is 408 g/mol. The molecule has 0 bridgehead atoms. The fraction of sp³-hybridized carbons (Fsp3) is 0.429. The molecule has 0 spiro atoms. The Morgan fingerprint density at radius 2 is 1.29 bits per heavy atom. The minimum atomic E-state index is -4.18. The average Bonchev–Trinajstić information content (AvgIpc) is 2.65. The van der Waals surface area contributed by atoms with Gasteiger partial charge in [-0.2, -0.15) is 0 Å². The van der Waals surface area contributed by atoms with Crippen LogP contribution in [0.3, 0.4) is 0 Å². The molecule has 2 rings (SSSR count). The highest BCUT2D eigenvalue weighted by atomic mass is 32.2. The lowest BCUT2D eigenvalue weighted by molar-refractivity contribution is -0.00832. The maximum Gasteiger partial charge on any atom is 0.125 e. The van der Waals surface area contributed by atoms with Crippen LogP contribution in [0.5, 0.6) is 11.5 Å². The molecule has 2 aromatic rings. The first-order valence-corrected chi connectivity index (χ1v) is 10.8. The zero-order valence-electron chi connectivity index (χ0n) is 16.3. The highest BCUT2D eigenvalue weighted by Crippen LogP contribution is 2.15. The molecule has 0 aliphatic rings. The van der Waals surface area contributed by atoms with Gasteiger partial charge in [0.15, 0.2) is 0 Å². The Labute approximate surface area is 167 Å². The van der Waals surface area contributed by atoms with E-state index in [-0.39, 0.29) is 18.3 Å². The van der Waals surface area contributed by atoms with E-state index in [0.717, 1.165) is 22.6 Å². The highest BCUT2D eigenvalue weighted by Gasteiger charge is 2.12. The molecular formula is C21H27O6S-. The Kier molecular flexibility index (Phi) is 8.76. The molecule has 2 aromatic carbocycles. The second-order valence-corrected chi connectivity index (χ2v) is 8.23. The van der Waals surface area contributed by atoms with Crippen molar-refractivity contribution in [3.8, 4) is 11.5 Å². The van der Waals surface area contributed by atoms with Crippen LogP contribution in [0.2, 0.25) is 0 Å². The van der Waals surface area contributed by atoms with Crippen LogP contribution in [0.25, 0.3) is 0 Å². The normalized spacial score (nSPS) is 11.6. The molecule has 0 saturated heterocycles. The number of hydrogen-bond acceptors (Lipinski definition) is 6. The summed E-state index contributed by atoms with van der Waals surface area (Å²) in [5.41, 5.74) is 2.30. The van der Waals surface area contributed by atoms with Crippen molar-refractivity contribution in [3.63, 3.8) is 0 Å². The highest BCUT2D eigenvalue weighted by molar-refractivity contribution is 7.85. The van der Waals surface area contributed by atoms with Gasteiger partial charge in [-0.25, -0.2) is 8.42 Å². The van der Waals surface area contributed by atoms with Crippen LogP contribution >= 0.6 is 0 Å². The molecule has 0 N–H and O–H groups in total. The molecule has 0 unspecified atom stereocenters. The van der Waals surface area contributed by atoms with Gasteiger partial charge >= 0.3 is 0 Å². The van der Waals surface area contributed by atoms with Crippen molar-refractivity contribution in [2.75, 3.05) is 25.6 Å². The van der Waals surface area contributed by atoms with Gasteiger partial charge in [-0.1, -0.05) is 35.4 Å². The molecule has 0 amide bonds. The van der Waals surface area contributed by atoms with Gasteiger partial charge in [-0.15, -0.1) is 0 Å². The predicted molar refractivity (Wildman–Crippen MR) is 107 cm³/mol. The number of hydrogen-bond donors (Lipinski definition) is 0. The molecule has 0 aromatic heterocycles. The van der Waals surface area contributed by atoms with Crippen molar-refractivity contribution in [2.45, 2.75) is 32.8 Å². The van der Waals surface area contributed by atoms with Crippen molar-refractivity contribution in [3.05, 3.63) is 59.7 Å². The van der Waals surface area contributed by atoms with Crippen LogP contribution < -0.4 is 9.47 Å². The third-order valence-corrected chi connectivity index (χ3v) is 4.84. The summed E-state index contributed by atoms with van der Waals surface area (Å²) in [4.78, 5) is 0. The fourth-order valence-corrected chi connectivity index (χ4v) is 2.98. The third-order valence-electron chi connectivity index (χ3n) is 4.06. The number of aryl methyl sites for hydroxylation is 2. The SMILES string of the molecule is Cc1ccc(OCC(COc2ccc(C)cc2)OCCCCS(=O)(=O)[O-])cc1. The molecular weight excluding hydrogens is 380 g/mol. The van der Waals surface area contributed by atoms with E-state index < -0.39 is 10.1 Å². The minimum absolute atomic E-state index is 0.274. The van der Waals surface area contributed by atoms with Gasteiger partial charge in [0.25, 0.3) is 0 Å². The Hall–Kier alpha value is -2.09. The first kappa shape index (κ1) is 22.2. The Balaban J connectivity index is 1.84. The van der Waals surface area contributed by atoms with Crippen molar-refractivity contribution in [1.29, 1.82) is 0 Å². The lowest BCUT2D eigenvalue weighted by Gasteiger charge is -2.19. The zero-order chi connectivity index (χ0) is 20.4. The third kappa shape index (κ3) is 9.21. The molecule has 0 fully saturated rings. The van der Waals surface area contributed by atoms with E-state index in [1.165, 1.54) is 0 Å². The smallest absolute Gasteiger partial charge is 0.125 e. The van der Waals surface area contributed by atoms with E-state index in [9.17, 15) is 13.0 Å². The second-order valence-electron chi connectivity index (χ2n) is 6.71. The minimum Gasteiger partial charge on any atom is -0.748 e. The van der Waals surface area contributed by atoms with Gasteiger partial charge in [-0.05, 0) is 51.0 Å². The summed E-state index contributed by atoms with van der Waals surface area (Å²) < 4.78 is 49.4. The van der Waals surface area contributed by atoms with Crippen LogP contribution in [0.15, 0.2) is 48.5 Å². The monoisotopic (exact) mass is 407 g/mol. The van der Waals surface area contributed by atoms with Gasteiger partial charge in [0, 0.05) is 12.4 Å². The molecule has 0 aliphatic carbocycles. The quantitative estimate of drug-likeness (QED) is 0.396. The molecule has 28 heavy (non-hydrogen) atoms. The first-order chi connectivity index (χ1) is 13.3. The summed E-state index contributed by atoms with van der Waals surface area (Å²) in [6, 6.07) is 15.5. The number of benzene rings is 2. The van der Waals surface area contributed by atoms with Crippen molar-refractivity contribution < 1.29 is 27.2 Å². The molecule has 6 nitrogen and oxygen atoms in total. The topological polar surface area (TPSA) is 84.9 Å². The van der Waals surface area contributed by atoms with E-state index in [4.69, 9.17) is 14.2 Å². The van der Waals surface area contributed by atoms with Crippen molar-refractivity contribution in [2.24, 2.45) is 0 Å². The summed E-state index contributed by atoms with van der Waals surface area (Å²) in [5, 5.41) is 0. The molecule has 0 aliphatic heterocycles. The predicted octanol–water partition coefficient (Wildman–Crippen LogP) is 3.47. The van der Waals surface area contributed by atoms with Gasteiger partial charge in [0.2, 0.25) is 0 Å². The van der Waals surface area contributed by atoms with Crippen LogP contribution in [-0.2, 0) is 14.9 Å².